The third-order valence-corrected chi connectivity index (χ3v) is 5.58. The molecule has 1 N–H and O–H groups in total. The van der Waals surface area contributed by atoms with Crippen molar-refractivity contribution >= 4 is 40.1 Å². The molecule has 0 fully saturated rings. The van der Waals surface area contributed by atoms with Crippen LogP contribution in [0.3, 0.4) is 0 Å². The summed E-state index contributed by atoms with van der Waals surface area (Å²) in [5.74, 6) is 0.244. The molecule has 0 bridgehead atoms. The van der Waals surface area contributed by atoms with Crippen LogP contribution in [0, 0.1) is 18.3 Å². The van der Waals surface area contributed by atoms with E-state index in [0.29, 0.717) is 18.2 Å². The maximum absolute atomic E-state index is 12.5. The van der Waals surface area contributed by atoms with Gasteiger partial charge in [0.05, 0.1) is 6.61 Å². The van der Waals surface area contributed by atoms with Crippen molar-refractivity contribution in [2.75, 3.05) is 11.9 Å². The number of halogens is 1. The molecule has 1 aromatic heterocycles. The molecule has 152 valence electrons. The molecule has 1 amide bonds. The zero-order valence-electron chi connectivity index (χ0n) is 16.6. The van der Waals surface area contributed by atoms with Crippen LogP contribution >= 0.6 is 22.9 Å². The number of nitrogens with zero attached hydrogens (tertiary/aromatic N) is 2. The molecule has 0 aliphatic carbocycles. The highest BCUT2D eigenvalue weighted by molar-refractivity contribution is 7.15. The van der Waals surface area contributed by atoms with Crippen molar-refractivity contribution in [2.24, 2.45) is 0 Å². The summed E-state index contributed by atoms with van der Waals surface area (Å²) in [5, 5.41) is 13.3. The van der Waals surface area contributed by atoms with E-state index < -0.39 is 5.91 Å². The van der Waals surface area contributed by atoms with Crippen molar-refractivity contribution < 1.29 is 9.53 Å². The largest absolute Gasteiger partial charge is 0.494 e. The molecule has 5 nitrogen and oxygen atoms in total. The first kappa shape index (κ1) is 21.6. The first-order valence-electron chi connectivity index (χ1n) is 9.34. The molecule has 3 rings (SSSR count). The van der Waals surface area contributed by atoms with Gasteiger partial charge in [0.1, 0.15) is 17.4 Å². The van der Waals surface area contributed by atoms with E-state index in [1.54, 1.807) is 30.5 Å². The second-order valence-electron chi connectivity index (χ2n) is 6.52. The quantitative estimate of drug-likeness (QED) is 0.383. The number of anilines is 1. The summed E-state index contributed by atoms with van der Waals surface area (Å²) in [6, 6.07) is 15.1. The smallest absolute Gasteiger partial charge is 0.268 e. The van der Waals surface area contributed by atoms with Crippen LogP contribution in [0.5, 0.6) is 5.75 Å². The summed E-state index contributed by atoms with van der Waals surface area (Å²) in [6.45, 7) is 4.44. The summed E-state index contributed by atoms with van der Waals surface area (Å²) in [4.78, 5) is 17.7. The van der Waals surface area contributed by atoms with Crippen LogP contribution in [0.25, 0.3) is 6.08 Å². The number of rotatable bonds is 7. The Bertz CT molecular complexity index is 1110. The molecule has 1 heterocycles. The number of nitriles is 1. The number of benzene rings is 2. The Morgan fingerprint density at radius 1 is 1.30 bits per heavy atom. The first-order chi connectivity index (χ1) is 14.5. The van der Waals surface area contributed by atoms with Crippen LogP contribution in [0.1, 0.15) is 28.5 Å². The molecule has 0 saturated heterocycles. The highest BCUT2D eigenvalue weighted by Crippen LogP contribution is 2.24. The molecule has 0 saturated carbocycles. The number of aryl methyl sites for hydroxylation is 1. The fourth-order valence-corrected chi connectivity index (χ4v) is 3.75. The van der Waals surface area contributed by atoms with Gasteiger partial charge < -0.3 is 4.74 Å². The van der Waals surface area contributed by atoms with Crippen LogP contribution < -0.4 is 10.1 Å². The number of carbonyl (C=O) groups excluding carboxylic acids is 1. The van der Waals surface area contributed by atoms with Crippen molar-refractivity contribution in [3.63, 3.8) is 0 Å². The predicted octanol–water partition coefficient (Wildman–Crippen LogP) is 5.64. The molecule has 0 atom stereocenters. The number of hydrogen-bond acceptors (Lipinski definition) is 5. The number of nitrogens with one attached hydrogen (secondary N) is 1. The van der Waals surface area contributed by atoms with Crippen molar-refractivity contribution in [3.8, 4) is 11.8 Å². The molecular formula is C23H20ClN3O2S. The SMILES string of the molecule is CCOc1ccc(/C=C(\C#N)C(=O)Nc2ncc(Cc3ccc(C)c(Cl)c3)s2)cc1. The zero-order valence-corrected chi connectivity index (χ0v) is 18.2. The van der Waals surface area contributed by atoms with Crippen molar-refractivity contribution in [2.45, 2.75) is 20.3 Å². The molecule has 0 aliphatic rings. The number of carbonyl (C=O) groups is 1. The number of ether oxygens (including phenoxy) is 1. The lowest BCUT2D eigenvalue weighted by molar-refractivity contribution is -0.112. The van der Waals surface area contributed by atoms with Gasteiger partial charge in [-0.15, -0.1) is 11.3 Å². The fourth-order valence-electron chi connectivity index (χ4n) is 2.70. The van der Waals surface area contributed by atoms with E-state index in [2.05, 4.69) is 10.3 Å². The summed E-state index contributed by atoms with van der Waals surface area (Å²) < 4.78 is 5.40. The summed E-state index contributed by atoms with van der Waals surface area (Å²) in [7, 11) is 0. The lowest BCUT2D eigenvalue weighted by Gasteiger charge is -2.03. The maximum atomic E-state index is 12.5. The Labute approximate surface area is 184 Å². The van der Waals surface area contributed by atoms with Crippen LogP contribution in [0.15, 0.2) is 54.2 Å². The number of hydrogen-bond donors (Lipinski definition) is 1. The minimum atomic E-state index is -0.495. The topological polar surface area (TPSA) is 75.0 Å². The van der Waals surface area contributed by atoms with Gasteiger partial charge in [-0.3, -0.25) is 10.1 Å². The summed E-state index contributed by atoms with van der Waals surface area (Å²) in [6.07, 6.45) is 3.92. The van der Waals surface area contributed by atoms with E-state index >= 15 is 0 Å². The van der Waals surface area contributed by atoms with Gasteiger partial charge in [0, 0.05) is 22.5 Å². The predicted molar refractivity (Wildman–Crippen MR) is 121 cm³/mol. The second kappa shape index (κ2) is 10.1. The van der Waals surface area contributed by atoms with Crippen LogP contribution in [-0.2, 0) is 11.2 Å². The monoisotopic (exact) mass is 437 g/mol. The molecule has 0 spiro atoms. The van der Waals surface area contributed by atoms with Crippen LogP contribution in [0.2, 0.25) is 5.02 Å². The van der Waals surface area contributed by atoms with Gasteiger partial charge in [-0.05, 0) is 54.8 Å². The Morgan fingerprint density at radius 3 is 2.73 bits per heavy atom. The van der Waals surface area contributed by atoms with Gasteiger partial charge in [-0.25, -0.2) is 4.98 Å². The van der Waals surface area contributed by atoms with Gasteiger partial charge in [0.15, 0.2) is 5.13 Å². The standard InChI is InChI=1S/C23H20ClN3O2S/c1-3-29-19-8-6-16(7-9-19)10-18(13-25)22(28)27-23-26-14-20(30-23)11-17-5-4-15(2)21(24)12-17/h4-10,12,14H,3,11H2,1-2H3,(H,26,27,28)/b18-10+. The summed E-state index contributed by atoms with van der Waals surface area (Å²) >= 11 is 7.55. The van der Waals surface area contributed by atoms with Gasteiger partial charge in [-0.1, -0.05) is 35.9 Å². The molecule has 3 aromatic rings. The third-order valence-electron chi connectivity index (χ3n) is 4.26. The number of thiazole rings is 1. The minimum absolute atomic E-state index is 0.00114. The second-order valence-corrected chi connectivity index (χ2v) is 8.04. The van der Waals surface area contributed by atoms with Crippen molar-refractivity contribution in [1.29, 1.82) is 5.26 Å². The molecule has 0 unspecified atom stereocenters. The Hall–Kier alpha value is -3.14. The third kappa shape index (κ3) is 5.69. The highest BCUT2D eigenvalue weighted by atomic mass is 35.5. The average Bonchev–Trinajstić information content (AvgIpc) is 3.17. The Kier molecular flexibility index (Phi) is 7.23. The molecule has 7 heteroatoms. The lowest BCUT2D eigenvalue weighted by atomic mass is 10.1. The van der Waals surface area contributed by atoms with Gasteiger partial charge in [-0.2, -0.15) is 5.26 Å². The van der Waals surface area contributed by atoms with Gasteiger partial charge in [0.2, 0.25) is 0 Å². The van der Waals surface area contributed by atoms with E-state index in [-0.39, 0.29) is 5.57 Å². The zero-order chi connectivity index (χ0) is 21.5. The lowest BCUT2D eigenvalue weighted by Crippen LogP contribution is -2.13. The van der Waals surface area contributed by atoms with Crippen molar-refractivity contribution in [1.82, 2.24) is 4.98 Å². The molecular weight excluding hydrogens is 418 g/mol. The Morgan fingerprint density at radius 2 is 2.07 bits per heavy atom. The number of aromatic nitrogens is 1. The minimum Gasteiger partial charge on any atom is -0.494 e. The highest BCUT2D eigenvalue weighted by Gasteiger charge is 2.12. The molecule has 30 heavy (non-hydrogen) atoms. The normalized spacial score (nSPS) is 11.1. The molecule has 2 aromatic carbocycles. The Balaban J connectivity index is 1.67. The fraction of sp³-hybridized carbons (Fsp3) is 0.174. The van der Waals surface area contributed by atoms with E-state index in [4.69, 9.17) is 16.3 Å². The number of amides is 1. The average molecular weight is 438 g/mol. The van der Waals surface area contributed by atoms with Gasteiger partial charge in [0.25, 0.3) is 5.91 Å². The van der Waals surface area contributed by atoms with Crippen molar-refractivity contribution in [3.05, 3.63) is 80.8 Å². The summed E-state index contributed by atoms with van der Waals surface area (Å²) in [5.41, 5.74) is 2.84. The van der Waals surface area contributed by atoms with Gasteiger partial charge >= 0.3 is 0 Å². The molecule has 0 radical (unpaired) electrons. The van der Waals surface area contributed by atoms with E-state index in [1.807, 2.05) is 38.1 Å². The van der Waals surface area contributed by atoms with E-state index in [1.165, 1.54) is 17.4 Å². The van der Waals surface area contributed by atoms with Crippen LogP contribution in [0.4, 0.5) is 5.13 Å². The maximum Gasteiger partial charge on any atom is 0.268 e. The molecule has 0 aliphatic heterocycles. The van der Waals surface area contributed by atoms with E-state index in [0.717, 1.165) is 32.3 Å². The first-order valence-corrected chi connectivity index (χ1v) is 10.5. The van der Waals surface area contributed by atoms with Crippen LogP contribution in [-0.4, -0.2) is 17.5 Å². The van der Waals surface area contributed by atoms with E-state index in [9.17, 15) is 10.1 Å².